The first-order valence-electron chi connectivity index (χ1n) is 7.41. The van der Waals surface area contributed by atoms with E-state index in [1.54, 1.807) is 0 Å². The molecule has 0 spiro atoms. The Hall–Kier alpha value is -2.98. The van der Waals surface area contributed by atoms with Gasteiger partial charge in [0.2, 0.25) is 0 Å². The molecule has 0 atom stereocenters. The van der Waals surface area contributed by atoms with Crippen molar-refractivity contribution in [2.75, 3.05) is 17.9 Å². The van der Waals surface area contributed by atoms with E-state index in [4.69, 9.17) is 21.1 Å². The number of ether oxygens (including phenoxy) is 2. The average Bonchev–Trinajstić information content (AvgIpc) is 2.61. The van der Waals surface area contributed by atoms with Crippen LogP contribution in [0.4, 0.5) is 5.69 Å². The van der Waals surface area contributed by atoms with Crippen molar-refractivity contribution in [3.63, 3.8) is 0 Å². The molecule has 0 saturated heterocycles. The summed E-state index contributed by atoms with van der Waals surface area (Å²) in [7, 11) is -4.33. The third kappa shape index (κ3) is 3.76. The molecule has 1 aliphatic heterocycles. The lowest BCUT2D eigenvalue weighted by atomic mass is 10.2. The number of rotatable bonds is 5. The van der Waals surface area contributed by atoms with E-state index in [2.05, 4.69) is 4.72 Å². The summed E-state index contributed by atoms with van der Waals surface area (Å²) in [4.78, 5) is 22.4. The quantitative estimate of drug-likeness (QED) is 0.678. The van der Waals surface area contributed by atoms with E-state index in [0.29, 0.717) is 0 Å². The molecular weight excluding hydrogens is 402 g/mol. The molecule has 11 heteroatoms. The highest BCUT2D eigenvalue weighted by Crippen LogP contribution is 2.37. The third-order valence-electron chi connectivity index (χ3n) is 3.61. The molecule has 0 aliphatic carbocycles. The SMILES string of the molecule is O=C(O)c1cc(Cl)ccc1NS(=O)(=O)c1cc2c(c(C(=O)O)c1)OCCO2. The Bertz CT molecular complexity index is 1050. The van der Waals surface area contributed by atoms with Crippen molar-refractivity contribution in [3.8, 4) is 11.5 Å². The van der Waals surface area contributed by atoms with Crippen LogP contribution in [0.5, 0.6) is 11.5 Å². The molecular formula is C16H12ClNO8S. The van der Waals surface area contributed by atoms with Gasteiger partial charge in [-0.15, -0.1) is 0 Å². The van der Waals surface area contributed by atoms with Gasteiger partial charge in [0.05, 0.1) is 16.1 Å². The Labute approximate surface area is 158 Å². The molecule has 0 unspecified atom stereocenters. The molecule has 0 radical (unpaired) electrons. The molecule has 27 heavy (non-hydrogen) atoms. The number of nitrogens with one attached hydrogen (secondary N) is 1. The second-order valence-corrected chi connectivity index (χ2v) is 7.52. The van der Waals surface area contributed by atoms with Crippen LogP contribution in [0.3, 0.4) is 0 Å². The number of aromatic carboxylic acids is 2. The largest absolute Gasteiger partial charge is 0.486 e. The Morgan fingerprint density at radius 3 is 2.33 bits per heavy atom. The van der Waals surface area contributed by atoms with Crippen LogP contribution in [0.2, 0.25) is 5.02 Å². The highest BCUT2D eigenvalue weighted by Gasteiger charge is 2.27. The minimum atomic E-state index is -4.33. The van der Waals surface area contributed by atoms with Gasteiger partial charge in [-0.2, -0.15) is 0 Å². The number of carboxylic acids is 2. The molecule has 2 aromatic rings. The summed E-state index contributed by atoms with van der Waals surface area (Å²) in [6, 6.07) is 5.63. The van der Waals surface area contributed by atoms with E-state index < -0.39 is 26.9 Å². The molecule has 3 N–H and O–H groups in total. The maximum absolute atomic E-state index is 12.7. The van der Waals surface area contributed by atoms with Gasteiger partial charge in [0, 0.05) is 11.1 Å². The number of sulfonamides is 1. The first-order valence-corrected chi connectivity index (χ1v) is 9.28. The van der Waals surface area contributed by atoms with Crippen LogP contribution < -0.4 is 14.2 Å². The lowest BCUT2D eigenvalue weighted by molar-refractivity contribution is 0.0679. The molecule has 0 amide bonds. The zero-order chi connectivity index (χ0) is 19.8. The minimum absolute atomic E-state index is 0.0314. The lowest BCUT2D eigenvalue weighted by Gasteiger charge is -2.21. The number of benzene rings is 2. The van der Waals surface area contributed by atoms with Crippen molar-refractivity contribution in [2.24, 2.45) is 0 Å². The van der Waals surface area contributed by atoms with E-state index in [0.717, 1.165) is 18.2 Å². The fraction of sp³-hybridized carbons (Fsp3) is 0.125. The zero-order valence-corrected chi connectivity index (χ0v) is 15.0. The summed E-state index contributed by atoms with van der Waals surface area (Å²) in [5, 5.41) is 18.7. The first kappa shape index (κ1) is 18.8. The second kappa shape index (κ2) is 6.97. The summed E-state index contributed by atoms with van der Waals surface area (Å²) < 4.78 is 38.1. The Balaban J connectivity index is 2.07. The zero-order valence-electron chi connectivity index (χ0n) is 13.4. The number of halogens is 1. The molecule has 1 aliphatic rings. The number of hydrogen-bond donors (Lipinski definition) is 3. The molecule has 0 bridgehead atoms. The van der Waals surface area contributed by atoms with Crippen LogP contribution in [-0.4, -0.2) is 43.8 Å². The van der Waals surface area contributed by atoms with Gasteiger partial charge in [-0.05, 0) is 24.3 Å². The number of hydrogen-bond acceptors (Lipinski definition) is 6. The third-order valence-corrected chi connectivity index (χ3v) is 5.19. The lowest BCUT2D eigenvalue weighted by Crippen LogP contribution is -2.20. The van der Waals surface area contributed by atoms with Gasteiger partial charge in [0.25, 0.3) is 10.0 Å². The Morgan fingerprint density at radius 1 is 1.00 bits per heavy atom. The fourth-order valence-corrected chi connectivity index (χ4v) is 3.72. The van der Waals surface area contributed by atoms with Crippen LogP contribution in [0.25, 0.3) is 0 Å². The van der Waals surface area contributed by atoms with E-state index >= 15 is 0 Å². The molecule has 1 heterocycles. The minimum Gasteiger partial charge on any atom is -0.486 e. The standard InChI is InChI=1S/C16H12ClNO8S/c17-8-1-2-12(10(5-8)15(19)20)18-27(23,24)9-6-11(16(21)22)14-13(7-9)25-3-4-26-14/h1-2,5-7,18H,3-4H2,(H,19,20)(H,21,22). The van der Waals surface area contributed by atoms with Crippen molar-refractivity contribution in [2.45, 2.75) is 4.90 Å². The molecule has 142 valence electrons. The van der Waals surface area contributed by atoms with E-state index in [1.807, 2.05) is 0 Å². The van der Waals surface area contributed by atoms with Gasteiger partial charge >= 0.3 is 11.9 Å². The van der Waals surface area contributed by atoms with Gasteiger partial charge in [0.15, 0.2) is 11.5 Å². The van der Waals surface area contributed by atoms with Crippen molar-refractivity contribution in [3.05, 3.63) is 46.5 Å². The van der Waals surface area contributed by atoms with Gasteiger partial charge in [-0.3, -0.25) is 4.72 Å². The van der Waals surface area contributed by atoms with Crippen molar-refractivity contribution in [1.29, 1.82) is 0 Å². The molecule has 0 saturated carbocycles. The smallest absolute Gasteiger partial charge is 0.339 e. The summed E-state index contributed by atoms with van der Waals surface area (Å²) in [5.41, 5.74) is -0.970. The summed E-state index contributed by atoms with van der Waals surface area (Å²) in [6.45, 7) is 0.258. The number of fused-ring (bicyclic) bond motifs is 1. The summed E-state index contributed by atoms with van der Waals surface area (Å²) in [6.07, 6.45) is 0. The van der Waals surface area contributed by atoms with E-state index in [9.17, 15) is 28.2 Å². The Kier molecular flexibility index (Phi) is 4.85. The molecule has 9 nitrogen and oxygen atoms in total. The van der Waals surface area contributed by atoms with Gasteiger partial charge < -0.3 is 19.7 Å². The van der Waals surface area contributed by atoms with Crippen LogP contribution in [-0.2, 0) is 10.0 Å². The molecule has 0 aromatic heterocycles. The van der Waals surface area contributed by atoms with Gasteiger partial charge in [0.1, 0.15) is 18.8 Å². The maximum atomic E-state index is 12.7. The highest BCUT2D eigenvalue weighted by molar-refractivity contribution is 7.92. The van der Waals surface area contributed by atoms with E-state index in [-0.39, 0.29) is 46.5 Å². The van der Waals surface area contributed by atoms with Gasteiger partial charge in [-0.25, -0.2) is 18.0 Å². The van der Waals surface area contributed by atoms with Crippen LogP contribution in [0.15, 0.2) is 35.2 Å². The normalized spacial score (nSPS) is 13.1. The maximum Gasteiger partial charge on any atom is 0.339 e. The second-order valence-electron chi connectivity index (χ2n) is 5.40. The predicted molar refractivity (Wildman–Crippen MR) is 93.6 cm³/mol. The van der Waals surface area contributed by atoms with Crippen molar-refractivity contribution in [1.82, 2.24) is 0 Å². The number of carboxylic acid groups (broad SMARTS) is 2. The predicted octanol–water partition coefficient (Wildman–Crippen LogP) is 2.31. The molecule has 3 rings (SSSR count). The first-order chi connectivity index (χ1) is 12.7. The molecule has 0 fully saturated rings. The van der Waals surface area contributed by atoms with E-state index in [1.165, 1.54) is 12.1 Å². The number of carbonyl (C=O) groups is 2. The van der Waals surface area contributed by atoms with Crippen molar-refractivity contribution >= 4 is 39.3 Å². The van der Waals surface area contributed by atoms with Gasteiger partial charge in [-0.1, -0.05) is 11.6 Å². The van der Waals surface area contributed by atoms with Crippen molar-refractivity contribution < 1.29 is 37.7 Å². The topological polar surface area (TPSA) is 139 Å². The van der Waals surface area contributed by atoms with Crippen LogP contribution >= 0.6 is 11.6 Å². The average molecular weight is 414 g/mol. The highest BCUT2D eigenvalue weighted by atomic mass is 35.5. The van der Waals surface area contributed by atoms with Crippen LogP contribution in [0, 0.1) is 0 Å². The summed E-state index contributed by atoms with van der Waals surface area (Å²) >= 11 is 5.75. The summed E-state index contributed by atoms with van der Waals surface area (Å²) in [5.74, 6) is -2.88. The number of anilines is 1. The fourth-order valence-electron chi connectivity index (χ4n) is 2.43. The Morgan fingerprint density at radius 2 is 1.67 bits per heavy atom. The monoisotopic (exact) mass is 413 g/mol. The van der Waals surface area contributed by atoms with Crippen LogP contribution in [0.1, 0.15) is 20.7 Å². The molecule has 2 aromatic carbocycles.